The van der Waals surface area contributed by atoms with E-state index >= 15 is 0 Å². The second kappa shape index (κ2) is 6.83. The molecule has 0 spiro atoms. The van der Waals surface area contributed by atoms with E-state index in [4.69, 9.17) is 4.74 Å². The maximum absolute atomic E-state index is 12.2. The highest BCUT2D eigenvalue weighted by Crippen LogP contribution is 2.24. The number of ether oxygens (including phenoxy) is 1. The van der Waals surface area contributed by atoms with Crippen molar-refractivity contribution in [2.24, 2.45) is 4.40 Å². The van der Waals surface area contributed by atoms with Crippen LogP contribution in [0, 0.1) is 6.92 Å². The van der Waals surface area contributed by atoms with E-state index in [0.29, 0.717) is 19.0 Å². The van der Waals surface area contributed by atoms with E-state index in [2.05, 4.69) is 19.1 Å². The lowest BCUT2D eigenvalue weighted by atomic mass is 10.1. The monoisotopic (exact) mass is 352 g/mol. The first-order valence-electron chi connectivity index (χ1n) is 7.09. The van der Waals surface area contributed by atoms with Crippen LogP contribution < -0.4 is 5.32 Å². The summed E-state index contributed by atoms with van der Waals surface area (Å²) in [6, 6.07) is 7.56. The number of nitrogens with one attached hydrogen (secondary N) is 1. The van der Waals surface area contributed by atoms with Gasteiger partial charge in [0.05, 0.1) is 6.61 Å². The Morgan fingerprint density at radius 1 is 1.43 bits per heavy atom. The summed E-state index contributed by atoms with van der Waals surface area (Å²) in [6.45, 7) is 3.76. The molecule has 1 atom stereocenters. The minimum Gasteiger partial charge on any atom is -0.370 e. The fourth-order valence-electron chi connectivity index (χ4n) is 2.12. The van der Waals surface area contributed by atoms with Crippen molar-refractivity contribution in [3.05, 3.63) is 29.8 Å². The summed E-state index contributed by atoms with van der Waals surface area (Å²) in [6.07, 6.45) is 0.957. The smallest absolute Gasteiger partial charge is 0.310 e. The molecular formula is C14H16N4O3S2. The van der Waals surface area contributed by atoms with Crippen molar-refractivity contribution in [2.75, 3.05) is 19.7 Å². The van der Waals surface area contributed by atoms with Crippen LogP contribution in [0.2, 0.25) is 0 Å². The Balaban J connectivity index is 1.81. The van der Waals surface area contributed by atoms with Gasteiger partial charge in [-0.2, -0.15) is 17.2 Å². The third-order valence-electron chi connectivity index (χ3n) is 3.34. The lowest BCUT2D eigenvalue weighted by Gasteiger charge is -2.19. The van der Waals surface area contributed by atoms with E-state index in [0.717, 1.165) is 29.2 Å². The normalized spacial score (nSPS) is 19.3. The lowest BCUT2D eigenvalue weighted by molar-refractivity contribution is 0.0742. The predicted molar refractivity (Wildman–Crippen MR) is 88.4 cm³/mol. The van der Waals surface area contributed by atoms with Gasteiger partial charge in [-0.05, 0) is 12.5 Å². The van der Waals surface area contributed by atoms with Crippen LogP contribution in [-0.4, -0.2) is 49.8 Å². The van der Waals surface area contributed by atoms with Crippen LogP contribution in [0.25, 0.3) is 11.4 Å². The lowest BCUT2D eigenvalue weighted by Crippen LogP contribution is -2.39. The topological polar surface area (TPSA) is 93.5 Å². The molecule has 9 heteroatoms. The van der Waals surface area contributed by atoms with E-state index in [1.165, 1.54) is 6.21 Å². The second-order valence-electron chi connectivity index (χ2n) is 5.04. The van der Waals surface area contributed by atoms with Gasteiger partial charge >= 0.3 is 10.0 Å². The molecule has 0 saturated carbocycles. The van der Waals surface area contributed by atoms with E-state index in [1.54, 1.807) is 0 Å². The van der Waals surface area contributed by atoms with Crippen molar-refractivity contribution in [3.63, 3.8) is 0 Å². The number of aryl methyl sites for hydroxylation is 1. The summed E-state index contributed by atoms with van der Waals surface area (Å²) in [4.78, 5) is 4.13. The minimum atomic E-state index is -3.85. The minimum absolute atomic E-state index is 0.115. The molecule has 1 aliphatic rings. The Morgan fingerprint density at radius 2 is 2.26 bits per heavy atom. The van der Waals surface area contributed by atoms with E-state index in [9.17, 15) is 8.42 Å². The average Bonchev–Trinajstić information content (AvgIpc) is 3.05. The van der Waals surface area contributed by atoms with Crippen molar-refractivity contribution in [1.29, 1.82) is 0 Å². The van der Waals surface area contributed by atoms with Crippen molar-refractivity contribution < 1.29 is 13.2 Å². The zero-order valence-corrected chi connectivity index (χ0v) is 14.1. The number of hydrogen-bond acceptors (Lipinski definition) is 7. The quantitative estimate of drug-likeness (QED) is 0.833. The van der Waals surface area contributed by atoms with Crippen molar-refractivity contribution in [2.45, 2.75) is 17.4 Å². The molecule has 7 nitrogen and oxygen atoms in total. The van der Waals surface area contributed by atoms with Crippen LogP contribution in [0.4, 0.5) is 0 Å². The molecule has 2 heterocycles. The molecule has 3 rings (SSSR count). The first-order chi connectivity index (χ1) is 11.1. The molecule has 0 amide bonds. The standard InChI is InChI=1S/C14H16N4O3S2/c1-10-4-2-3-5-12(10)13-17-14(22-18-13)23(19,20)16-9-11-8-15-6-7-21-11/h2-5,9,11,15H,6-8H2,1H3. The Kier molecular flexibility index (Phi) is 4.81. The third-order valence-corrected chi connectivity index (χ3v) is 5.64. The van der Waals surface area contributed by atoms with Crippen LogP contribution in [0.5, 0.6) is 0 Å². The molecule has 23 heavy (non-hydrogen) atoms. The van der Waals surface area contributed by atoms with Crippen LogP contribution >= 0.6 is 11.5 Å². The van der Waals surface area contributed by atoms with E-state index < -0.39 is 10.0 Å². The maximum atomic E-state index is 12.2. The summed E-state index contributed by atoms with van der Waals surface area (Å²) >= 11 is 0.827. The number of sulfonamides is 1. The van der Waals surface area contributed by atoms with Crippen molar-refractivity contribution in [3.8, 4) is 11.4 Å². The van der Waals surface area contributed by atoms with Gasteiger partial charge < -0.3 is 10.1 Å². The largest absolute Gasteiger partial charge is 0.370 e. The summed E-state index contributed by atoms with van der Waals surface area (Å²) in [5.74, 6) is 0.400. The highest BCUT2D eigenvalue weighted by atomic mass is 32.2. The molecule has 1 saturated heterocycles. The van der Waals surface area contributed by atoms with Crippen LogP contribution in [0.15, 0.2) is 33.0 Å². The Hall–Kier alpha value is -1.68. The maximum Gasteiger partial charge on any atom is 0.310 e. The molecule has 1 aromatic heterocycles. The number of morpholine rings is 1. The summed E-state index contributed by atoms with van der Waals surface area (Å²) < 4.78 is 37.6. The molecule has 1 N–H and O–H groups in total. The summed E-state index contributed by atoms with van der Waals surface area (Å²) in [5.41, 5.74) is 1.80. The van der Waals surface area contributed by atoms with Gasteiger partial charge in [-0.25, -0.2) is 4.98 Å². The zero-order valence-electron chi connectivity index (χ0n) is 12.5. The highest BCUT2D eigenvalue weighted by Gasteiger charge is 2.21. The Labute approximate surface area is 138 Å². The van der Waals surface area contributed by atoms with Gasteiger partial charge in [0.2, 0.25) is 0 Å². The molecule has 0 radical (unpaired) electrons. The van der Waals surface area contributed by atoms with Crippen LogP contribution in [0.3, 0.4) is 0 Å². The number of nitrogens with zero attached hydrogens (tertiary/aromatic N) is 3. The number of aromatic nitrogens is 2. The molecule has 1 aromatic carbocycles. The van der Waals surface area contributed by atoms with E-state index in [1.807, 2.05) is 31.2 Å². The predicted octanol–water partition coefficient (Wildman–Crippen LogP) is 1.26. The first-order valence-corrected chi connectivity index (χ1v) is 9.30. The molecule has 1 fully saturated rings. The first kappa shape index (κ1) is 16.2. The average molecular weight is 352 g/mol. The highest BCUT2D eigenvalue weighted by molar-refractivity contribution is 7.92. The molecule has 0 bridgehead atoms. The number of benzene rings is 1. The Morgan fingerprint density at radius 3 is 3.00 bits per heavy atom. The molecule has 122 valence electrons. The Bertz CT molecular complexity index is 811. The summed E-state index contributed by atoms with van der Waals surface area (Å²) in [5, 5.41) is 3.11. The zero-order chi connectivity index (χ0) is 16.3. The van der Waals surface area contributed by atoms with Crippen molar-refractivity contribution in [1.82, 2.24) is 14.7 Å². The van der Waals surface area contributed by atoms with Gasteiger partial charge in [0, 0.05) is 36.4 Å². The summed E-state index contributed by atoms with van der Waals surface area (Å²) in [7, 11) is -3.85. The van der Waals surface area contributed by atoms with Gasteiger partial charge in [0.15, 0.2) is 5.82 Å². The van der Waals surface area contributed by atoms with Crippen molar-refractivity contribution >= 4 is 27.8 Å². The van der Waals surface area contributed by atoms with Crippen LogP contribution in [-0.2, 0) is 14.8 Å². The molecule has 2 aromatic rings. The fraction of sp³-hybridized carbons (Fsp3) is 0.357. The SMILES string of the molecule is Cc1ccccc1-c1nsc(S(=O)(=O)N=CC2CNCCO2)n1. The molecule has 1 unspecified atom stereocenters. The molecule has 1 aliphatic heterocycles. The van der Waals surface area contributed by atoms with Gasteiger partial charge in [-0.1, -0.05) is 24.3 Å². The van der Waals surface area contributed by atoms with Gasteiger partial charge in [0.1, 0.15) is 6.10 Å². The fourth-order valence-corrected chi connectivity index (χ4v) is 3.76. The van der Waals surface area contributed by atoms with E-state index in [-0.39, 0.29) is 10.4 Å². The van der Waals surface area contributed by atoms with Gasteiger partial charge in [-0.3, -0.25) is 0 Å². The number of rotatable bonds is 4. The van der Waals surface area contributed by atoms with Gasteiger partial charge in [0.25, 0.3) is 4.34 Å². The van der Waals surface area contributed by atoms with Crippen LogP contribution in [0.1, 0.15) is 5.56 Å². The molecular weight excluding hydrogens is 336 g/mol. The van der Waals surface area contributed by atoms with Gasteiger partial charge in [-0.15, -0.1) is 0 Å². The molecule has 0 aliphatic carbocycles. The number of hydrogen-bond donors (Lipinski definition) is 1. The third kappa shape index (κ3) is 3.81. The second-order valence-corrected chi connectivity index (χ2v) is 7.60.